The lowest BCUT2D eigenvalue weighted by atomic mass is 9.84. The topological polar surface area (TPSA) is 77.4 Å². The van der Waals surface area contributed by atoms with E-state index in [1.54, 1.807) is 0 Å². The first-order valence-electron chi connectivity index (χ1n) is 11.7. The predicted molar refractivity (Wildman–Crippen MR) is 138 cm³/mol. The molecule has 0 atom stereocenters. The van der Waals surface area contributed by atoms with Crippen LogP contribution in [-0.2, 0) is 18.9 Å². The smallest absolute Gasteiger partial charge is 0.182 e. The molecule has 2 rings (SSSR count). The lowest BCUT2D eigenvalue weighted by molar-refractivity contribution is -0.150. The van der Waals surface area contributed by atoms with Crippen LogP contribution >= 0.6 is 0 Å². The van der Waals surface area contributed by atoms with Gasteiger partial charge in [0.05, 0.1) is 39.6 Å². The fourth-order valence-electron chi connectivity index (χ4n) is 3.35. The maximum atomic E-state index is 9.64. The van der Waals surface area contributed by atoms with E-state index in [4.69, 9.17) is 18.9 Å². The van der Waals surface area contributed by atoms with Gasteiger partial charge in [0.15, 0.2) is 16.6 Å². The molecule has 2 aliphatic rings. The third-order valence-electron chi connectivity index (χ3n) is 6.10. The van der Waals surface area contributed by atoms with E-state index in [1.165, 1.54) is 0 Å². The minimum atomic E-state index is -1.86. The molecule has 0 aromatic rings. The van der Waals surface area contributed by atoms with Crippen LogP contribution in [0.2, 0.25) is 38.3 Å². The quantitative estimate of drug-likeness (QED) is 0.284. The van der Waals surface area contributed by atoms with Crippen molar-refractivity contribution < 1.29 is 28.5 Å². The van der Waals surface area contributed by atoms with Crippen molar-refractivity contribution in [2.45, 2.75) is 77.8 Å². The van der Waals surface area contributed by atoms with Gasteiger partial charge in [-0.05, 0) is 74.9 Å². The van der Waals surface area contributed by atoms with Crippen molar-refractivity contribution in [1.82, 2.24) is 0 Å². The highest BCUT2D eigenvalue weighted by Gasteiger charge is 2.37. The van der Waals surface area contributed by atoms with E-state index in [0.717, 1.165) is 90.6 Å². The SMILES string of the molecule is CCC1(COCCC[Si](C)(C)O)COC1.CCC1(COCCC[Si](C)(C)O)COC1.[SiH4]. The van der Waals surface area contributed by atoms with Crippen molar-refractivity contribution in [3.63, 3.8) is 0 Å². The maximum absolute atomic E-state index is 9.64. The Labute approximate surface area is 197 Å². The van der Waals surface area contributed by atoms with Crippen LogP contribution in [0.1, 0.15) is 39.5 Å². The summed E-state index contributed by atoms with van der Waals surface area (Å²) in [6, 6.07) is 1.87. The monoisotopic (exact) mass is 496 g/mol. The summed E-state index contributed by atoms with van der Waals surface area (Å²) < 4.78 is 21.8. The molecule has 0 aromatic carbocycles. The second-order valence-corrected chi connectivity index (χ2v) is 18.9. The van der Waals surface area contributed by atoms with Gasteiger partial charge in [-0.25, -0.2) is 0 Å². The molecule has 2 aliphatic heterocycles. The number of rotatable bonds is 14. The largest absolute Gasteiger partial charge is 0.432 e. The molecule has 0 aromatic heterocycles. The van der Waals surface area contributed by atoms with Crippen molar-refractivity contribution in [3.8, 4) is 0 Å². The number of hydrogen-bond acceptors (Lipinski definition) is 6. The van der Waals surface area contributed by atoms with Crippen molar-refractivity contribution in [1.29, 1.82) is 0 Å². The van der Waals surface area contributed by atoms with E-state index in [1.807, 2.05) is 26.2 Å². The molecule has 0 bridgehead atoms. The van der Waals surface area contributed by atoms with E-state index in [2.05, 4.69) is 13.8 Å². The summed E-state index contributed by atoms with van der Waals surface area (Å²) in [5.41, 5.74) is 0.596. The summed E-state index contributed by atoms with van der Waals surface area (Å²) in [4.78, 5) is 19.3. The Balaban J connectivity index is 0.000000562. The van der Waals surface area contributed by atoms with Gasteiger partial charge in [-0.1, -0.05) is 13.8 Å². The molecule has 9 heteroatoms. The lowest BCUT2D eigenvalue weighted by Crippen LogP contribution is -2.45. The van der Waals surface area contributed by atoms with Gasteiger partial charge < -0.3 is 28.5 Å². The zero-order chi connectivity index (χ0) is 22.7. The number of hydrogen-bond donors (Lipinski definition) is 2. The fourth-order valence-corrected chi connectivity index (χ4v) is 5.37. The molecule has 0 aliphatic carbocycles. The van der Waals surface area contributed by atoms with E-state index >= 15 is 0 Å². The molecule has 31 heavy (non-hydrogen) atoms. The van der Waals surface area contributed by atoms with Crippen LogP contribution < -0.4 is 0 Å². The zero-order valence-corrected chi connectivity index (χ0v) is 22.4. The van der Waals surface area contributed by atoms with Crippen LogP contribution in [0.4, 0.5) is 0 Å². The average molecular weight is 497 g/mol. The molecular formula is C22H52O6Si3. The van der Waals surface area contributed by atoms with Gasteiger partial charge in [-0.2, -0.15) is 0 Å². The van der Waals surface area contributed by atoms with Gasteiger partial charge in [0.2, 0.25) is 0 Å². The highest BCUT2D eigenvalue weighted by atomic mass is 28.4. The van der Waals surface area contributed by atoms with E-state index in [9.17, 15) is 9.59 Å². The fraction of sp³-hybridized carbons (Fsp3) is 1.00. The molecule has 2 fully saturated rings. The Morgan fingerprint density at radius 1 is 0.710 bits per heavy atom. The Morgan fingerprint density at radius 2 is 1.03 bits per heavy atom. The molecule has 0 saturated carbocycles. The molecule has 0 radical (unpaired) electrons. The highest BCUT2D eigenvalue weighted by Crippen LogP contribution is 2.32. The van der Waals surface area contributed by atoms with E-state index in [-0.39, 0.29) is 11.0 Å². The van der Waals surface area contributed by atoms with Gasteiger partial charge >= 0.3 is 0 Å². The van der Waals surface area contributed by atoms with E-state index in [0.29, 0.717) is 10.8 Å². The summed E-state index contributed by atoms with van der Waals surface area (Å²) in [5.74, 6) is 0. The van der Waals surface area contributed by atoms with Crippen molar-refractivity contribution in [2.24, 2.45) is 10.8 Å². The second-order valence-electron chi connectivity index (χ2n) is 10.6. The first-order valence-corrected chi connectivity index (χ1v) is 18.0. The Bertz CT molecular complexity index is 404. The summed E-state index contributed by atoms with van der Waals surface area (Å²) >= 11 is 0. The molecule has 2 N–H and O–H groups in total. The zero-order valence-electron chi connectivity index (χ0n) is 20.4. The van der Waals surface area contributed by atoms with Crippen LogP contribution in [0.3, 0.4) is 0 Å². The molecule has 2 heterocycles. The van der Waals surface area contributed by atoms with Gasteiger partial charge in [0.1, 0.15) is 0 Å². The van der Waals surface area contributed by atoms with Crippen LogP contribution in [0, 0.1) is 10.8 Å². The van der Waals surface area contributed by atoms with Gasteiger partial charge in [-0.3, -0.25) is 0 Å². The molecule has 188 valence electrons. The van der Waals surface area contributed by atoms with Crippen LogP contribution in [0.5, 0.6) is 0 Å². The highest BCUT2D eigenvalue weighted by molar-refractivity contribution is 6.70. The summed E-state index contributed by atoms with van der Waals surface area (Å²) in [6.07, 6.45) is 4.23. The third kappa shape index (κ3) is 13.6. The maximum Gasteiger partial charge on any atom is 0.182 e. The average Bonchev–Trinajstić information content (AvgIpc) is 2.57. The van der Waals surface area contributed by atoms with Crippen LogP contribution in [-0.4, -0.2) is 90.0 Å². The normalized spacial score (nSPS) is 19.4. The van der Waals surface area contributed by atoms with Crippen molar-refractivity contribution in [2.75, 3.05) is 52.9 Å². The summed E-state index contributed by atoms with van der Waals surface area (Å²) in [7, 11) is -3.72. The molecule has 0 spiro atoms. The minimum Gasteiger partial charge on any atom is -0.432 e. The molecule has 0 unspecified atom stereocenters. The van der Waals surface area contributed by atoms with Crippen LogP contribution in [0.25, 0.3) is 0 Å². The predicted octanol–water partition coefficient (Wildman–Crippen LogP) is 2.58. The van der Waals surface area contributed by atoms with Crippen molar-refractivity contribution in [3.05, 3.63) is 0 Å². The Morgan fingerprint density at radius 3 is 1.23 bits per heavy atom. The minimum absolute atomic E-state index is 0. The van der Waals surface area contributed by atoms with Crippen LogP contribution in [0.15, 0.2) is 0 Å². The number of ether oxygens (including phenoxy) is 4. The Hall–Kier alpha value is 0.411. The lowest BCUT2D eigenvalue weighted by Gasteiger charge is -2.40. The second kappa shape index (κ2) is 14.6. The first kappa shape index (κ1) is 31.4. The molecule has 0 amide bonds. The van der Waals surface area contributed by atoms with Gasteiger partial charge in [0, 0.05) is 24.0 Å². The van der Waals surface area contributed by atoms with E-state index < -0.39 is 16.6 Å². The summed E-state index contributed by atoms with van der Waals surface area (Å²) in [6.45, 7) is 18.9. The summed E-state index contributed by atoms with van der Waals surface area (Å²) in [5, 5.41) is 0. The third-order valence-corrected chi connectivity index (χ3v) is 9.26. The molecule has 2 saturated heterocycles. The molecule has 6 nitrogen and oxygen atoms in total. The Kier molecular flexibility index (Phi) is 14.8. The molecular weight excluding hydrogens is 444 g/mol. The van der Waals surface area contributed by atoms with Crippen molar-refractivity contribution >= 4 is 27.6 Å². The van der Waals surface area contributed by atoms with Gasteiger partial charge in [-0.15, -0.1) is 0 Å². The first-order chi connectivity index (χ1) is 13.9. The standard InChI is InChI=1S/2C11H24O3Si.H4Si/c2*1-4-11(9-14-10-11)8-13-6-5-7-15(2,3)12;/h2*12H,4-10H2,1-3H3;1H4. The van der Waals surface area contributed by atoms with Gasteiger partial charge in [0.25, 0.3) is 0 Å².